The van der Waals surface area contributed by atoms with E-state index in [9.17, 15) is 0 Å². The predicted molar refractivity (Wildman–Crippen MR) is 72.9 cm³/mol. The van der Waals surface area contributed by atoms with Gasteiger partial charge >= 0.3 is 0 Å². The molecule has 0 fully saturated rings. The lowest BCUT2D eigenvalue weighted by molar-refractivity contribution is 0.124. The van der Waals surface area contributed by atoms with Crippen LogP contribution in [0.15, 0.2) is 0 Å². The Morgan fingerprint density at radius 3 is 1.94 bits per heavy atom. The summed E-state index contributed by atoms with van der Waals surface area (Å²) in [7, 11) is 0. The molecule has 0 saturated heterocycles. The Labute approximate surface area is 103 Å². The lowest BCUT2D eigenvalue weighted by Crippen LogP contribution is -1.99. The molecule has 0 aromatic heterocycles. The van der Waals surface area contributed by atoms with E-state index >= 15 is 0 Å². The fraction of sp³-hybridized carbons (Fsp3) is 1.00. The van der Waals surface area contributed by atoms with E-state index in [0.717, 1.165) is 19.1 Å². The van der Waals surface area contributed by atoms with E-state index in [4.69, 9.17) is 4.74 Å². The third kappa shape index (κ3) is 14.0. The van der Waals surface area contributed by atoms with Crippen molar-refractivity contribution in [3.8, 4) is 0 Å². The first-order valence-corrected chi connectivity index (χ1v) is 7.35. The zero-order valence-corrected chi connectivity index (χ0v) is 11.8. The van der Waals surface area contributed by atoms with Gasteiger partial charge in [-0.05, 0) is 25.2 Å². The molecule has 98 valence electrons. The quantitative estimate of drug-likeness (QED) is 0.418. The van der Waals surface area contributed by atoms with Crippen LogP contribution in [0.3, 0.4) is 0 Å². The van der Waals surface area contributed by atoms with Gasteiger partial charge in [-0.2, -0.15) is 0 Å². The molecule has 0 amide bonds. The molecule has 1 heteroatoms. The highest BCUT2D eigenvalue weighted by Gasteiger charge is 1.94. The number of hydrogen-bond donors (Lipinski definition) is 0. The van der Waals surface area contributed by atoms with Crippen LogP contribution in [-0.4, -0.2) is 13.2 Å². The third-order valence-electron chi connectivity index (χ3n) is 2.96. The topological polar surface area (TPSA) is 9.23 Å². The average Bonchev–Trinajstić information content (AvgIpc) is 2.25. The molecule has 0 bridgehead atoms. The van der Waals surface area contributed by atoms with Crippen LogP contribution < -0.4 is 0 Å². The molecule has 0 aliphatic rings. The van der Waals surface area contributed by atoms with Crippen LogP contribution in [0.5, 0.6) is 0 Å². The van der Waals surface area contributed by atoms with E-state index in [-0.39, 0.29) is 0 Å². The molecule has 16 heavy (non-hydrogen) atoms. The monoisotopic (exact) mass is 228 g/mol. The second-order valence-corrected chi connectivity index (χ2v) is 5.27. The first-order chi connectivity index (χ1) is 7.77. The van der Waals surface area contributed by atoms with Gasteiger partial charge in [-0.3, -0.25) is 0 Å². The molecule has 0 aliphatic heterocycles. The molecule has 0 unspecified atom stereocenters. The highest BCUT2D eigenvalue weighted by Crippen LogP contribution is 2.07. The Morgan fingerprint density at radius 1 is 0.750 bits per heavy atom. The van der Waals surface area contributed by atoms with Crippen LogP contribution in [0.25, 0.3) is 0 Å². The van der Waals surface area contributed by atoms with Crippen LogP contribution in [0, 0.1) is 5.92 Å². The van der Waals surface area contributed by atoms with Crippen molar-refractivity contribution in [2.75, 3.05) is 13.2 Å². The Bertz CT molecular complexity index is 121. The summed E-state index contributed by atoms with van der Waals surface area (Å²) in [6.07, 6.45) is 12.1. The molecule has 0 N–H and O–H groups in total. The summed E-state index contributed by atoms with van der Waals surface area (Å²) in [6, 6.07) is 0. The Balaban J connectivity index is 2.88. The lowest BCUT2D eigenvalue weighted by Gasteiger charge is -2.06. The van der Waals surface area contributed by atoms with E-state index in [1.165, 1.54) is 57.8 Å². The SMILES string of the molecule is CCCCCCCCCOCCCC(C)C. The number of unbranched alkanes of at least 4 members (excludes halogenated alkanes) is 6. The van der Waals surface area contributed by atoms with Crippen LogP contribution in [0.4, 0.5) is 0 Å². The van der Waals surface area contributed by atoms with Crippen LogP contribution in [-0.2, 0) is 4.74 Å². The summed E-state index contributed by atoms with van der Waals surface area (Å²) < 4.78 is 5.61. The minimum Gasteiger partial charge on any atom is -0.381 e. The minimum absolute atomic E-state index is 0.821. The van der Waals surface area contributed by atoms with Gasteiger partial charge in [0.25, 0.3) is 0 Å². The maximum atomic E-state index is 5.61. The number of hydrogen-bond acceptors (Lipinski definition) is 1. The van der Waals surface area contributed by atoms with Gasteiger partial charge in [0.2, 0.25) is 0 Å². The van der Waals surface area contributed by atoms with Crippen LogP contribution in [0.2, 0.25) is 0 Å². The molecule has 0 aliphatic carbocycles. The number of ether oxygens (including phenoxy) is 1. The van der Waals surface area contributed by atoms with Gasteiger partial charge in [-0.25, -0.2) is 0 Å². The van der Waals surface area contributed by atoms with Crippen LogP contribution >= 0.6 is 0 Å². The van der Waals surface area contributed by atoms with Crippen molar-refractivity contribution in [3.63, 3.8) is 0 Å². The van der Waals surface area contributed by atoms with Crippen molar-refractivity contribution in [3.05, 3.63) is 0 Å². The Hall–Kier alpha value is -0.0400. The van der Waals surface area contributed by atoms with Crippen molar-refractivity contribution in [1.82, 2.24) is 0 Å². The van der Waals surface area contributed by atoms with E-state index in [1.54, 1.807) is 0 Å². The summed E-state index contributed by atoms with van der Waals surface area (Å²) in [6.45, 7) is 8.76. The van der Waals surface area contributed by atoms with Gasteiger partial charge in [-0.1, -0.05) is 59.3 Å². The van der Waals surface area contributed by atoms with E-state index in [2.05, 4.69) is 20.8 Å². The zero-order valence-electron chi connectivity index (χ0n) is 11.8. The normalized spacial score (nSPS) is 11.2. The van der Waals surface area contributed by atoms with E-state index < -0.39 is 0 Å². The molecule has 0 atom stereocenters. The second kappa shape index (κ2) is 13.0. The summed E-state index contributed by atoms with van der Waals surface area (Å²) >= 11 is 0. The molecule has 0 radical (unpaired) electrons. The van der Waals surface area contributed by atoms with Crippen molar-refractivity contribution >= 4 is 0 Å². The summed E-state index contributed by atoms with van der Waals surface area (Å²) in [5, 5.41) is 0. The van der Waals surface area contributed by atoms with Crippen LogP contribution in [0.1, 0.15) is 78.6 Å². The van der Waals surface area contributed by atoms with Gasteiger partial charge in [0.05, 0.1) is 0 Å². The molecular weight excluding hydrogens is 196 g/mol. The first-order valence-electron chi connectivity index (χ1n) is 7.35. The summed E-state index contributed by atoms with van der Waals surface area (Å²) in [4.78, 5) is 0. The minimum atomic E-state index is 0.821. The largest absolute Gasteiger partial charge is 0.381 e. The fourth-order valence-electron chi connectivity index (χ4n) is 1.86. The lowest BCUT2D eigenvalue weighted by atomic mass is 10.1. The van der Waals surface area contributed by atoms with Gasteiger partial charge in [0.15, 0.2) is 0 Å². The third-order valence-corrected chi connectivity index (χ3v) is 2.96. The molecule has 0 aromatic carbocycles. The summed E-state index contributed by atoms with van der Waals surface area (Å²) in [5.41, 5.74) is 0. The molecule has 1 nitrogen and oxygen atoms in total. The standard InChI is InChI=1S/C15H32O/c1-4-5-6-7-8-9-10-13-16-14-11-12-15(2)3/h15H,4-14H2,1-3H3. The van der Waals surface area contributed by atoms with Gasteiger partial charge < -0.3 is 4.74 Å². The van der Waals surface area contributed by atoms with Crippen molar-refractivity contribution < 1.29 is 4.74 Å². The zero-order chi connectivity index (χ0) is 12.1. The summed E-state index contributed by atoms with van der Waals surface area (Å²) in [5.74, 6) is 0.821. The van der Waals surface area contributed by atoms with Gasteiger partial charge in [0.1, 0.15) is 0 Å². The van der Waals surface area contributed by atoms with Gasteiger partial charge in [-0.15, -0.1) is 0 Å². The maximum Gasteiger partial charge on any atom is 0.0466 e. The van der Waals surface area contributed by atoms with E-state index in [1.807, 2.05) is 0 Å². The molecular formula is C15H32O. The van der Waals surface area contributed by atoms with Crippen molar-refractivity contribution in [1.29, 1.82) is 0 Å². The Kier molecular flexibility index (Phi) is 13.0. The van der Waals surface area contributed by atoms with Crippen molar-refractivity contribution in [2.24, 2.45) is 5.92 Å². The highest BCUT2D eigenvalue weighted by atomic mass is 16.5. The number of rotatable bonds is 12. The average molecular weight is 228 g/mol. The van der Waals surface area contributed by atoms with Gasteiger partial charge in [0, 0.05) is 13.2 Å². The second-order valence-electron chi connectivity index (χ2n) is 5.27. The highest BCUT2D eigenvalue weighted by molar-refractivity contribution is 4.46. The van der Waals surface area contributed by atoms with Crippen molar-refractivity contribution in [2.45, 2.75) is 78.6 Å². The molecule has 0 saturated carbocycles. The molecule has 0 heterocycles. The smallest absolute Gasteiger partial charge is 0.0466 e. The Morgan fingerprint density at radius 2 is 1.31 bits per heavy atom. The fourth-order valence-corrected chi connectivity index (χ4v) is 1.86. The molecule has 0 rings (SSSR count). The molecule has 0 spiro atoms. The van der Waals surface area contributed by atoms with E-state index in [0.29, 0.717) is 0 Å². The maximum absolute atomic E-state index is 5.61. The predicted octanol–water partition coefficient (Wildman–Crippen LogP) is 5.19. The molecule has 0 aromatic rings. The first kappa shape index (κ1) is 16.0.